The molecule has 0 saturated heterocycles. The van der Waals surface area contributed by atoms with E-state index in [4.69, 9.17) is 11.6 Å². The second kappa shape index (κ2) is 8.02. The lowest BCUT2D eigenvalue weighted by Crippen LogP contribution is -2.07. The van der Waals surface area contributed by atoms with Crippen LogP contribution >= 0.6 is 22.9 Å². The fraction of sp³-hybridized carbons (Fsp3) is 0.143. The highest BCUT2D eigenvalue weighted by atomic mass is 35.5. The Morgan fingerprint density at radius 2 is 1.75 bits per heavy atom. The summed E-state index contributed by atoms with van der Waals surface area (Å²) in [5.74, 6) is 0. The number of benzene rings is 1. The van der Waals surface area contributed by atoms with Gasteiger partial charge in [-0.2, -0.15) is 18.3 Å². The second-order valence-corrected chi connectivity index (χ2v) is 10.5. The van der Waals surface area contributed by atoms with Crippen molar-refractivity contribution in [1.82, 2.24) is 14.8 Å². The van der Waals surface area contributed by atoms with Gasteiger partial charge in [-0.3, -0.25) is 0 Å². The molecule has 0 bridgehead atoms. The van der Waals surface area contributed by atoms with Gasteiger partial charge in [-0.15, -0.1) is 11.3 Å². The van der Waals surface area contributed by atoms with Crippen LogP contribution in [0.1, 0.15) is 11.3 Å². The predicted octanol–water partition coefficient (Wildman–Crippen LogP) is 6.05. The Kier molecular flexibility index (Phi) is 5.64. The van der Waals surface area contributed by atoms with Crippen LogP contribution in [0.5, 0.6) is 0 Å². The van der Waals surface area contributed by atoms with E-state index in [0.29, 0.717) is 21.7 Å². The van der Waals surface area contributed by atoms with E-state index >= 15 is 0 Å². The van der Waals surface area contributed by atoms with Crippen molar-refractivity contribution in [2.45, 2.75) is 18.1 Å². The summed E-state index contributed by atoms with van der Waals surface area (Å²) in [5, 5.41) is 4.01. The van der Waals surface area contributed by atoms with Crippen molar-refractivity contribution in [3.05, 3.63) is 71.0 Å². The Balaban J connectivity index is 1.82. The van der Waals surface area contributed by atoms with Gasteiger partial charge >= 0.3 is 6.18 Å². The average Bonchev–Trinajstić information content (AvgIpc) is 3.34. The van der Waals surface area contributed by atoms with Gasteiger partial charge in [0, 0.05) is 22.9 Å². The number of hydrogen-bond donors (Lipinski definition) is 0. The Morgan fingerprint density at radius 1 is 1.06 bits per heavy atom. The van der Waals surface area contributed by atoms with Crippen molar-refractivity contribution in [3.8, 4) is 26.7 Å². The van der Waals surface area contributed by atoms with E-state index in [1.807, 2.05) is 0 Å². The van der Waals surface area contributed by atoms with E-state index in [2.05, 4.69) is 10.1 Å². The molecule has 0 amide bonds. The molecule has 32 heavy (non-hydrogen) atoms. The fourth-order valence-electron chi connectivity index (χ4n) is 3.22. The molecule has 3 heterocycles. The predicted molar refractivity (Wildman–Crippen MR) is 118 cm³/mol. The van der Waals surface area contributed by atoms with Crippen LogP contribution in [0.25, 0.3) is 26.7 Å². The lowest BCUT2D eigenvalue weighted by molar-refractivity contribution is -0.141. The normalized spacial score (nSPS) is 12.3. The molecule has 4 aromatic rings. The lowest BCUT2D eigenvalue weighted by Gasteiger charge is -2.08. The van der Waals surface area contributed by atoms with E-state index in [1.165, 1.54) is 22.2 Å². The molecule has 0 fully saturated rings. The molecular formula is C21H15ClF3N3O2S2. The smallest absolute Gasteiger partial charge is 0.244 e. The standard InChI is InChI=1S/C21H15ClF3N3O2S2/c1-12-9-13(11-26-20(12)32(2,29)30)17-7-8-18(31-17)16-10-19(21(23,24)25)27-28(16)15-6-4-3-5-14(15)22/h3-11H,1-2H3. The number of nitrogens with zero attached hydrogens (tertiary/aromatic N) is 3. The topological polar surface area (TPSA) is 64.8 Å². The molecule has 0 saturated carbocycles. The summed E-state index contributed by atoms with van der Waals surface area (Å²) in [4.78, 5) is 5.31. The number of thiophene rings is 1. The summed E-state index contributed by atoms with van der Waals surface area (Å²) in [7, 11) is -3.46. The second-order valence-electron chi connectivity index (χ2n) is 7.06. The van der Waals surface area contributed by atoms with Crippen LogP contribution in [0.15, 0.2) is 59.8 Å². The van der Waals surface area contributed by atoms with E-state index in [9.17, 15) is 21.6 Å². The highest BCUT2D eigenvalue weighted by Gasteiger charge is 2.35. The number of sulfone groups is 1. The first kappa shape index (κ1) is 22.5. The summed E-state index contributed by atoms with van der Waals surface area (Å²) in [6.45, 7) is 1.64. The molecule has 1 aromatic carbocycles. The SMILES string of the molecule is Cc1cc(-c2ccc(-c3cc(C(F)(F)F)nn3-c3ccccc3Cl)s2)cnc1S(C)(=O)=O. The van der Waals surface area contributed by atoms with Gasteiger partial charge in [0.1, 0.15) is 0 Å². The minimum atomic E-state index is -4.62. The maximum absolute atomic E-state index is 13.4. The summed E-state index contributed by atoms with van der Waals surface area (Å²) in [6.07, 6.45) is -2.10. The van der Waals surface area contributed by atoms with Crippen molar-refractivity contribution in [3.63, 3.8) is 0 Å². The summed E-state index contributed by atoms with van der Waals surface area (Å²) >= 11 is 7.45. The van der Waals surface area contributed by atoms with Crippen molar-refractivity contribution < 1.29 is 21.6 Å². The fourth-order valence-corrected chi connectivity index (χ4v) is 5.31. The summed E-state index contributed by atoms with van der Waals surface area (Å²) in [5.41, 5.74) is 0.674. The largest absolute Gasteiger partial charge is 0.435 e. The molecular weight excluding hydrogens is 483 g/mol. The van der Waals surface area contributed by atoms with Crippen LogP contribution in [0.2, 0.25) is 5.02 Å². The quantitative estimate of drug-likeness (QED) is 0.344. The highest BCUT2D eigenvalue weighted by Crippen LogP contribution is 2.39. The Bertz CT molecular complexity index is 1430. The first-order chi connectivity index (χ1) is 14.9. The molecule has 0 aliphatic heterocycles. The zero-order valence-electron chi connectivity index (χ0n) is 16.7. The van der Waals surface area contributed by atoms with Crippen LogP contribution in [0.4, 0.5) is 13.2 Å². The molecule has 0 unspecified atom stereocenters. The van der Waals surface area contributed by atoms with Crippen molar-refractivity contribution in [2.75, 3.05) is 6.26 Å². The Morgan fingerprint density at radius 3 is 2.38 bits per heavy atom. The minimum absolute atomic E-state index is 0.00959. The first-order valence-electron chi connectivity index (χ1n) is 9.14. The molecule has 0 atom stereocenters. The van der Waals surface area contributed by atoms with Crippen molar-refractivity contribution in [1.29, 1.82) is 0 Å². The first-order valence-corrected chi connectivity index (χ1v) is 12.2. The molecule has 0 N–H and O–H groups in total. The molecule has 5 nitrogen and oxygen atoms in total. The van der Waals surface area contributed by atoms with Gasteiger partial charge < -0.3 is 0 Å². The molecule has 0 aliphatic carbocycles. The minimum Gasteiger partial charge on any atom is -0.244 e. The van der Waals surface area contributed by atoms with Crippen LogP contribution in [-0.4, -0.2) is 29.4 Å². The molecule has 166 valence electrons. The van der Waals surface area contributed by atoms with Gasteiger partial charge in [0.2, 0.25) is 0 Å². The molecule has 4 rings (SSSR count). The monoisotopic (exact) mass is 497 g/mol. The number of aromatic nitrogens is 3. The third kappa shape index (κ3) is 4.30. The lowest BCUT2D eigenvalue weighted by atomic mass is 10.2. The third-order valence-corrected chi connectivity index (χ3v) is 7.21. The van der Waals surface area contributed by atoms with Crippen LogP contribution in [-0.2, 0) is 16.0 Å². The van der Waals surface area contributed by atoms with Crippen molar-refractivity contribution >= 4 is 32.8 Å². The Labute approximate surface area is 191 Å². The molecule has 11 heteroatoms. The Hall–Kier alpha value is -2.69. The van der Waals surface area contributed by atoms with Gasteiger partial charge in [0.05, 0.1) is 21.3 Å². The van der Waals surface area contributed by atoms with Gasteiger partial charge in [-0.25, -0.2) is 18.1 Å². The van der Waals surface area contributed by atoms with Gasteiger partial charge in [-0.1, -0.05) is 23.7 Å². The van der Waals surface area contributed by atoms with Crippen LogP contribution in [0.3, 0.4) is 0 Å². The van der Waals surface area contributed by atoms with E-state index in [-0.39, 0.29) is 15.7 Å². The van der Waals surface area contributed by atoms with E-state index < -0.39 is 21.7 Å². The summed E-state index contributed by atoms with van der Waals surface area (Å²) < 4.78 is 65.0. The number of rotatable bonds is 4. The number of hydrogen-bond acceptors (Lipinski definition) is 5. The molecule has 3 aromatic heterocycles. The van der Waals surface area contributed by atoms with Crippen LogP contribution < -0.4 is 0 Å². The van der Waals surface area contributed by atoms with E-state index in [1.54, 1.807) is 49.4 Å². The van der Waals surface area contributed by atoms with Crippen LogP contribution in [0, 0.1) is 6.92 Å². The van der Waals surface area contributed by atoms with Crippen molar-refractivity contribution in [2.24, 2.45) is 0 Å². The average molecular weight is 498 g/mol. The summed E-state index contributed by atoms with van der Waals surface area (Å²) in [6, 6.07) is 12.6. The number of halogens is 4. The van der Waals surface area contributed by atoms with E-state index in [0.717, 1.165) is 17.2 Å². The zero-order chi connectivity index (χ0) is 23.3. The number of para-hydroxylation sites is 1. The molecule has 0 aliphatic rings. The van der Waals surface area contributed by atoms with Gasteiger partial charge in [0.15, 0.2) is 20.6 Å². The highest BCUT2D eigenvalue weighted by molar-refractivity contribution is 7.90. The maximum atomic E-state index is 13.4. The number of alkyl halides is 3. The molecule has 0 spiro atoms. The number of pyridine rings is 1. The maximum Gasteiger partial charge on any atom is 0.435 e. The number of aryl methyl sites for hydroxylation is 1. The zero-order valence-corrected chi connectivity index (χ0v) is 19.1. The third-order valence-electron chi connectivity index (χ3n) is 4.60. The van der Waals surface area contributed by atoms with Gasteiger partial charge in [0.25, 0.3) is 0 Å². The van der Waals surface area contributed by atoms with Gasteiger partial charge in [-0.05, 0) is 48.9 Å². The molecule has 0 radical (unpaired) electrons.